The quantitative estimate of drug-likeness (QED) is 0.644. The van der Waals surface area contributed by atoms with E-state index in [-0.39, 0.29) is 5.54 Å². The molecule has 0 aromatic heterocycles. The molecular formula is C12H24N2OS. The van der Waals surface area contributed by atoms with E-state index in [9.17, 15) is 4.21 Å². The predicted octanol–water partition coefficient (Wildman–Crippen LogP) is 1.05. The lowest BCUT2D eigenvalue weighted by atomic mass is 9.81. The van der Waals surface area contributed by atoms with E-state index in [0.29, 0.717) is 5.41 Å². The van der Waals surface area contributed by atoms with Crippen LogP contribution in [0.3, 0.4) is 0 Å². The van der Waals surface area contributed by atoms with Crippen LogP contribution in [0, 0.1) is 5.41 Å². The molecule has 16 heavy (non-hydrogen) atoms. The van der Waals surface area contributed by atoms with E-state index < -0.39 is 9.71 Å². The lowest BCUT2D eigenvalue weighted by molar-refractivity contribution is 0.0641. The van der Waals surface area contributed by atoms with Crippen LogP contribution in [0.5, 0.6) is 0 Å². The van der Waals surface area contributed by atoms with Gasteiger partial charge in [-0.3, -0.25) is 9.11 Å². The van der Waals surface area contributed by atoms with Gasteiger partial charge in [-0.25, -0.2) is 4.31 Å². The molecule has 4 heteroatoms. The fourth-order valence-corrected chi connectivity index (χ4v) is 3.83. The Bertz CT molecular complexity index is 374. The molecule has 0 N–H and O–H groups in total. The van der Waals surface area contributed by atoms with E-state index in [1.807, 2.05) is 4.31 Å². The standard InChI is InChI=1S/C12H24N2OS/c1-11(2,3)13-7-6-12(8-13)9-14(10-12)16(4,5)15/h4,6-10H2,1-3,5H3. The Balaban J connectivity index is 1.97. The Morgan fingerprint density at radius 1 is 1.25 bits per heavy atom. The molecule has 2 rings (SSSR count). The zero-order valence-electron chi connectivity index (χ0n) is 11.0. The number of likely N-dealkylation sites (tertiary alicyclic amines) is 1. The van der Waals surface area contributed by atoms with Gasteiger partial charge in [0.2, 0.25) is 0 Å². The summed E-state index contributed by atoms with van der Waals surface area (Å²) in [4.78, 5) is 2.55. The molecule has 0 radical (unpaired) electrons. The first-order valence-corrected chi connectivity index (χ1v) is 8.04. The van der Waals surface area contributed by atoms with Gasteiger partial charge >= 0.3 is 0 Å². The summed E-state index contributed by atoms with van der Waals surface area (Å²) in [5, 5.41) is 0. The maximum atomic E-state index is 11.8. The summed E-state index contributed by atoms with van der Waals surface area (Å²) in [7, 11) is -1.97. The van der Waals surface area contributed by atoms with Gasteiger partial charge < -0.3 is 0 Å². The summed E-state index contributed by atoms with van der Waals surface area (Å²) < 4.78 is 13.8. The lowest BCUT2D eigenvalue weighted by Crippen LogP contribution is -2.59. The van der Waals surface area contributed by atoms with Crippen molar-refractivity contribution in [1.82, 2.24) is 9.21 Å². The van der Waals surface area contributed by atoms with E-state index in [4.69, 9.17) is 0 Å². The number of hydrogen-bond acceptors (Lipinski definition) is 2. The van der Waals surface area contributed by atoms with Crippen LogP contribution in [-0.4, -0.2) is 57.3 Å². The van der Waals surface area contributed by atoms with Gasteiger partial charge in [-0.1, -0.05) is 0 Å². The van der Waals surface area contributed by atoms with Crippen molar-refractivity contribution < 1.29 is 4.21 Å². The SMILES string of the molecule is C=S(C)(=O)N1CC2(CCN(C(C)(C)C)C2)C1. The molecule has 2 fully saturated rings. The Kier molecular flexibility index (Phi) is 2.69. The highest BCUT2D eigenvalue weighted by molar-refractivity contribution is 7.97. The number of rotatable bonds is 1. The number of nitrogens with zero attached hydrogens (tertiary/aromatic N) is 2. The normalized spacial score (nSPS) is 30.2. The molecule has 1 unspecified atom stereocenters. The fraction of sp³-hybridized carbons (Fsp3) is 0.917. The second-order valence-electron chi connectivity index (χ2n) is 6.60. The van der Waals surface area contributed by atoms with Crippen LogP contribution >= 0.6 is 0 Å². The first-order valence-electron chi connectivity index (χ1n) is 5.95. The fourth-order valence-electron chi connectivity index (χ4n) is 2.74. The molecule has 2 heterocycles. The van der Waals surface area contributed by atoms with Crippen molar-refractivity contribution in [3.05, 3.63) is 0 Å². The topological polar surface area (TPSA) is 23.6 Å². The Morgan fingerprint density at radius 2 is 1.81 bits per heavy atom. The molecule has 0 amide bonds. The summed E-state index contributed by atoms with van der Waals surface area (Å²) in [5.41, 5.74) is 0.672. The molecule has 2 aliphatic rings. The van der Waals surface area contributed by atoms with Gasteiger partial charge in [0.15, 0.2) is 0 Å². The highest BCUT2D eigenvalue weighted by atomic mass is 32.2. The van der Waals surface area contributed by atoms with Gasteiger partial charge in [-0.05, 0) is 39.6 Å². The van der Waals surface area contributed by atoms with Crippen molar-refractivity contribution >= 4 is 15.6 Å². The van der Waals surface area contributed by atoms with Crippen molar-refractivity contribution in [2.75, 3.05) is 32.4 Å². The maximum Gasteiger partial charge on any atom is 0.0245 e. The average molecular weight is 244 g/mol. The molecule has 0 saturated carbocycles. The third-order valence-corrected chi connectivity index (χ3v) is 5.31. The molecular weight excluding hydrogens is 220 g/mol. The van der Waals surface area contributed by atoms with Crippen molar-refractivity contribution in [3.63, 3.8) is 0 Å². The monoisotopic (exact) mass is 244 g/mol. The van der Waals surface area contributed by atoms with E-state index in [0.717, 1.165) is 19.6 Å². The Labute approximate surface area is 99.9 Å². The molecule has 2 aliphatic heterocycles. The third kappa shape index (κ3) is 2.15. The van der Waals surface area contributed by atoms with Crippen LogP contribution in [0.1, 0.15) is 27.2 Å². The molecule has 0 aromatic carbocycles. The summed E-state index contributed by atoms with van der Waals surface area (Å²) in [6.07, 6.45) is 2.99. The van der Waals surface area contributed by atoms with Crippen LogP contribution in [0.15, 0.2) is 0 Å². The second kappa shape index (κ2) is 3.47. The van der Waals surface area contributed by atoms with E-state index >= 15 is 0 Å². The molecule has 0 bridgehead atoms. The van der Waals surface area contributed by atoms with Crippen molar-refractivity contribution in [2.45, 2.75) is 32.7 Å². The zero-order valence-corrected chi connectivity index (χ0v) is 11.8. The largest absolute Gasteiger partial charge is 0.298 e. The van der Waals surface area contributed by atoms with Gasteiger partial charge in [-0.2, -0.15) is 0 Å². The highest BCUT2D eigenvalue weighted by Gasteiger charge is 2.50. The smallest absolute Gasteiger partial charge is 0.0245 e. The minimum Gasteiger partial charge on any atom is -0.298 e. The van der Waals surface area contributed by atoms with Gasteiger partial charge in [0.1, 0.15) is 0 Å². The predicted molar refractivity (Wildman–Crippen MR) is 71.1 cm³/mol. The highest BCUT2D eigenvalue weighted by Crippen LogP contribution is 2.42. The van der Waals surface area contributed by atoms with Crippen LogP contribution in [-0.2, 0) is 9.71 Å². The van der Waals surface area contributed by atoms with Crippen molar-refractivity contribution in [2.24, 2.45) is 5.41 Å². The molecule has 1 atom stereocenters. The first kappa shape index (κ1) is 12.4. The van der Waals surface area contributed by atoms with Crippen LogP contribution < -0.4 is 0 Å². The molecule has 0 aliphatic carbocycles. The summed E-state index contributed by atoms with van der Waals surface area (Å²) in [6.45, 7) is 11.1. The third-order valence-electron chi connectivity index (χ3n) is 3.96. The molecule has 0 aromatic rings. The molecule has 3 nitrogen and oxygen atoms in total. The van der Waals surface area contributed by atoms with Gasteiger partial charge in [0, 0.05) is 46.6 Å². The van der Waals surface area contributed by atoms with Gasteiger partial charge in [-0.15, -0.1) is 0 Å². The van der Waals surface area contributed by atoms with Gasteiger partial charge in [0.25, 0.3) is 0 Å². The summed E-state index contributed by atoms with van der Waals surface area (Å²) in [6, 6.07) is 0. The average Bonchev–Trinajstić information content (AvgIpc) is 2.41. The van der Waals surface area contributed by atoms with Crippen LogP contribution in [0.2, 0.25) is 0 Å². The lowest BCUT2D eigenvalue weighted by Gasteiger charge is -2.49. The summed E-state index contributed by atoms with van der Waals surface area (Å²) >= 11 is 0. The molecule has 1 spiro atoms. The second-order valence-corrected chi connectivity index (χ2v) is 9.04. The maximum absolute atomic E-state index is 11.8. The first-order chi connectivity index (χ1) is 7.12. The molecule has 2 saturated heterocycles. The summed E-state index contributed by atoms with van der Waals surface area (Å²) in [5.74, 6) is 3.75. The minimum atomic E-state index is -1.97. The van der Waals surface area contributed by atoms with E-state index in [2.05, 4.69) is 31.5 Å². The van der Waals surface area contributed by atoms with Crippen LogP contribution in [0.4, 0.5) is 0 Å². The molecule has 94 valence electrons. The van der Waals surface area contributed by atoms with Crippen molar-refractivity contribution in [3.8, 4) is 0 Å². The Hall–Kier alpha value is -0.0600. The minimum absolute atomic E-state index is 0.266. The van der Waals surface area contributed by atoms with E-state index in [1.54, 1.807) is 6.26 Å². The van der Waals surface area contributed by atoms with Crippen molar-refractivity contribution in [1.29, 1.82) is 0 Å². The van der Waals surface area contributed by atoms with E-state index in [1.165, 1.54) is 13.0 Å². The zero-order chi connectivity index (χ0) is 12.2. The van der Waals surface area contributed by atoms with Gasteiger partial charge in [0.05, 0.1) is 0 Å². The van der Waals surface area contributed by atoms with Crippen LogP contribution in [0.25, 0.3) is 0 Å². The number of hydrogen-bond donors (Lipinski definition) is 0. The Morgan fingerprint density at radius 3 is 2.19 bits per heavy atom.